The Morgan fingerprint density at radius 3 is 2.77 bits per heavy atom. The van der Waals surface area contributed by atoms with Gasteiger partial charge in [0.1, 0.15) is 0 Å². The van der Waals surface area contributed by atoms with Gasteiger partial charge in [-0.3, -0.25) is 4.79 Å². The van der Waals surface area contributed by atoms with Gasteiger partial charge in [-0.05, 0) is 25.2 Å². The molecule has 1 fully saturated rings. The van der Waals surface area contributed by atoms with Crippen molar-refractivity contribution in [2.24, 2.45) is 5.92 Å². The number of carbonyl (C=O) groups is 1. The third-order valence-electron chi connectivity index (χ3n) is 2.95. The molecule has 3 heteroatoms. The molecule has 0 spiro atoms. The highest BCUT2D eigenvalue weighted by Crippen LogP contribution is 2.27. The van der Waals surface area contributed by atoms with Gasteiger partial charge in [-0.2, -0.15) is 0 Å². The smallest absolute Gasteiger partial charge is 0.233 e. The van der Waals surface area contributed by atoms with Gasteiger partial charge in [-0.15, -0.1) is 0 Å². The molecule has 2 unspecified atom stereocenters. The van der Waals surface area contributed by atoms with Crippen LogP contribution < -0.4 is 10.6 Å². The van der Waals surface area contributed by atoms with E-state index in [4.69, 9.17) is 0 Å². The third kappa shape index (κ3) is 3.35. The molecule has 0 radical (unpaired) electrons. The van der Waals surface area contributed by atoms with E-state index < -0.39 is 0 Å². The Morgan fingerprint density at radius 2 is 2.23 bits per heavy atom. The van der Waals surface area contributed by atoms with E-state index in [0.717, 1.165) is 5.92 Å². The molecule has 76 valence electrons. The van der Waals surface area contributed by atoms with Crippen LogP contribution in [-0.2, 0) is 4.79 Å². The fourth-order valence-electron chi connectivity index (χ4n) is 1.96. The van der Waals surface area contributed by atoms with Crippen molar-refractivity contribution in [2.45, 2.75) is 38.6 Å². The Hall–Kier alpha value is -0.570. The molecule has 0 saturated heterocycles. The minimum Gasteiger partial charge on any atom is -0.358 e. The van der Waals surface area contributed by atoms with Crippen molar-refractivity contribution >= 4 is 5.91 Å². The van der Waals surface area contributed by atoms with Crippen molar-refractivity contribution in [1.82, 2.24) is 10.6 Å². The van der Waals surface area contributed by atoms with Crippen LogP contribution in [0.1, 0.15) is 32.6 Å². The van der Waals surface area contributed by atoms with Crippen molar-refractivity contribution in [1.29, 1.82) is 0 Å². The first-order valence-electron chi connectivity index (χ1n) is 5.20. The SMILES string of the molecule is CCC1CCC(NCC(=O)NC)C1. The molecule has 13 heavy (non-hydrogen) atoms. The van der Waals surface area contributed by atoms with Crippen molar-refractivity contribution in [2.75, 3.05) is 13.6 Å². The van der Waals surface area contributed by atoms with E-state index in [1.54, 1.807) is 7.05 Å². The molecule has 1 aliphatic carbocycles. The molecule has 1 amide bonds. The normalized spacial score (nSPS) is 27.5. The molecule has 0 aromatic carbocycles. The Morgan fingerprint density at radius 1 is 1.46 bits per heavy atom. The summed E-state index contributed by atoms with van der Waals surface area (Å²) in [5.41, 5.74) is 0. The van der Waals surface area contributed by atoms with E-state index >= 15 is 0 Å². The van der Waals surface area contributed by atoms with Crippen LogP contribution in [0.25, 0.3) is 0 Å². The summed E-state index contributed by atoms with van der Waals surface area (Å²) in [5, 5.41) is 5.90. The summed E-state index contributed by atoms with van der Waals surface area (Å²) in [6, 6.07) is 0.572. The lowest BCUT2D eigenvalue weighted by Crippen LogP contribution is -2.36. The second kappa shape index (κ2) is 5.22. The van der Waals surface area contributed by atoms with E-state index in [9.17, 15) is 4.79 Å². The van der Waals surface area contributed by atoms with Crippen LogP contribution in [0.2, 0.25) is 0 Å². The highest BCUT2D eigenvalue weighted by molar-refractivity contribution is 5.77. The van der Waals surface area contributed by atoms with Crippen LogP contribution in [0.5, 0.6) is 0 Å². The zero-order chi connectivity index (χ0) is 9.68. The third-order valence-corrected chi connectivity index (χ3v) is 2.95. The van der Waals surface area contributed by atoms with Gasteiger partial charge >= 0.3 is 0 Å². The largest absolute Gasteiger partial charge is 0.358 e. The van der Waals surface area contributed by atoms with Crippen LogP contribution in [0, 0.1) is 5.92 Å². The summed E-state index contributed by atoms with van der Waals surface area (Å²) in [6.07, 6.45) is 5.07. The van der Waals surface area contributed by atoms with Gasteiger partial charge in [0.25, 0.3) is 0 Å². The van der Waals surface area contributed by atoms with E-state index in [2.05, 4.69) is 17.6 Å². The lowest BCUT2D eigenvalue weighted by atomic mass is 10.1. The molecule has 0 aliphatic heterocycles. The van der Waals surface area contributed by atoms with E-state index in [1.807, 2.05) is 0 Å². The molecule has 1 rings (SSSR count). The minimum absolute atomic E-state index is 0.0833. The molecule has 1 saturated carbocycles. The van der Waals surface area contributed by atoms with E-state index in [1.165, 1.54) is 25.7 Å². The average Bonchev–Trinajstić information content (AvgIpc) is 2.61. The standard InChI is InChI=1S/C10H20N2O/c1-3-8-4-5-9(6-8)12-7-10(13)11-2/h8-9,12H,3-7H2,1-2H3,(H,11,13). The molecular weight excluding hydrogens is 164 g/mol. The molecule has 0 aromatic rings. The summed E-state index contributed by atoms with van der Waals surface area (Å²) in [6.45, 7) is 2.71. The first-order chi connectivity index (χ1) is 6.26. The molecule has 0 heterocycles. The predicted octanol–water partition coefficient (Wildman–Crippen LogP) is 0.901. The summed E-state index contributed by atoms with van der Waals surface area (Å²) in [4.78, 5) is 10.9. The number of carbonyl (C=O) groups excluding carboxylic acids is 1. The van der Waals surface area contributed by atoms with Crippen LogP contribution in [0.15, 0.2) is 0 Å². The molecule has 2 atom stereocenters. The quantitative estimate of drug-likeness (QED) is 0.681. The summed E-state index contributed by atoms with van der Waals surface area (Å²) < 4.78 is 0. The topological polar surface area (TPSA) is 41.1 Å². The van der Waals surface area contributed by atoms with Crippen LogP contribution in [-0.4, -0.2) is 25.5 Å². The molecule has 0 bridgehead atoms. The van der Waals surface area contributed by atoms with Crippen LogP contribution >= 0.6 is 0 Å². The van der Waals surface area contributed by atoms with Crippen molar-refractivity contribution < 1.29 is 4.79 Å². The lowest BCUT2D eigenvalue weighted by Gasteiger charge is -2.11. The molecule has 2 N–H and O–H groups in total. The molecule has 0 aromatic heterocycles. The fourth-order valence-corrected chi connectivity index (χ4v) is 1.96. The Labute approximate surface area is 80.3 Å². The number of hydrogen-bond acceptors (Lipinski definition) is 2. The predicted molar refractivity (Wildman–Crippen MR) is 53.5 cm³/mol. The monoisotopic (exact) mass is 184 g/mol. The molecule has 1 aliphatic rings. The summed E-state index contributed by atoms with van der Waals surface area (Å²) in [7, 11) is 1.67. The zero-order valence-electron chi connectivity index (χ0n) is 8.60. The Kier molecular flexibility index (Phi) is 4.22. The first kappa shape index (κ1) is 10.5. The zero-order valence-corrected chi connectivity index (χ0v) is 8.60. The highest BCUT2D eigenvalue weighted by atomic mass is 16.1. The maximum absolute atomic E-state index is 10.9. The summed E-state index contributed by atoms with van der Waals surface area (Å²) in [5.74, 6) is 0.960. The van der Waals surface area contributed by atoms with Crippen molar-refractivity contribution in [3.05, 3.63) is 0 Å². The average molecular weight is 184 g/mol. The van der Waals surface area contributed by atoms with Gasteiger partial charge in [0, 0.05) is 13.1 Å². The van der Waals surface area contributed by atoms with Gasteiger partial charge in [0.15, 0.2) is 0 Å². The Balaban J connectivity index is 2.13. The number of amides is 1. The number of hydrogen-bond donors (Lipinski definition) is 2. The first-order valence-corrected chi connectivity index (χ1v) is 5.20. The highest BCUT2D eigenvalue weighted by Gasteiger charge is 2.22. The van der Waals surface area contributed by atoms with Gasteiger partial charge in [-0.1, -0.05) is 13.3 Å². The maximum atomic E-state index is 10.9. The summed E-state index contributed by atoms with van der Waals surface area (Å²) >= 11 is 0. The van der Waals surface area contributed by atoms with E-state index in [0.29, 0.717) is 12.6 Å². The lowest BCUT2D eigenvalue weighted by molar-refractivity contribution is -0.119. The minimum atomic E-state index is 0.0833. The van der Waals surface area contributed by atoms with Crippen molar-refractivity contribution in [3.63, 3.8) is 0 Å². The van der Waals surface area contributed by atoms with Gasteiger partial charge in [0.05, 0.1) is 6.54 Å². The Bertz CT molecular complexity index is 170. The molecule has 3 nitrogen and oxygen atoms in total. The second-order valence-electron chi connectivity index (χ2n) is 3.84. The van der Waals surface area contributed by atoms with Crippen LogP contribution in [0.3, 0.4) is 0 Å². The van der Waals surface area contributed by atoms with Crippen LogP contribution in [0.4, 0.5) is 0 Å². The van der Waals surface area contributed by atoms with Gasteiger partial charge in [0.2, 0.25) is 5.91 Å². The molecular formula is C10H20N2O. The van der Waals surface area contributed by atoms with Gasteiger partial charge < -0.3 is 10.6 Å². The number of rotatable bonds is 4. The number of likely N-dealkylation sites (N-methyl/N-ethyl adjacent to an activating group) is 1. The van der Waals surface area contributed by atoms with Crippen molar-refractivity contribution in [3.8, 4) is 0 Å². The number of nitrogens with one attached hydrogen (secondary N) is 2. The van der Waals surface area contributed by atoms with E-state index in [-0.39, 0.29) is 5.91 Å². The maximum Gasteiger partial charge on any atom is 0.233 e. The second-order valence-corrected chi connectivity index (χ2v) is 3.84. The van der Waals surface area contributed by atoms with Gasteiger partial charge in [-0.25, -0.2) is 0 Å². The fraction of sp³-hybridized carbons (Fsp3) is 0.900.